The number of para-hydroxylation sites is 1. The Morgan fingerprint density at radius 3 is 2.78 bits per heavy atom. The molecule has 0 radical (unpaired) electrons. The van der Waals surface area contributed by atoms with Crippen molar-refractivity contribution >= 4 is 33.0 Å². The first kappa shape index (κ1) is 16.0. The van der Waals surface area contributed by atoms with E-state index in [2.05, 4.69) is 4.98 Å². The molecule has 5 nitrogen and oxygen atoms in total. The van der Waals surface area contributed by atoms with Gasteiger partial charge in [0.1, 0.15) is 5.75 Å². The fraction of sp³-hybridized carbons (Fsp3) is 0.250. The molecule has 1 amide bonds. The van der Waals surface area contributed by atoms with Gasteiger partial charge in [0.05, 0.1) is 5.02 Å². The third kappa shape index (κ3) is 3.23. The zero-order valence-corrected chi connectivity index (χ0v) is 13.8. The zero-order chi connectivity index (χ0) is 16.4. The monoisotopic (exact) mass is 350 g/mol. The van der Waals surface area contributed by atoms with Crippen LogP contribution in [0.5, 0.6) is 0 Å². The summed E-state index contributed by atoms with van der Waals surface area (Å²) in [7, 11) is -3.88. The molecule has 0 aliphatic carbocycles. The van der Waals surface area contributed by atoms with E-state index < -0.39 is 21.5 Å². The fourth-order valence-corrected chi connectivity index (χ4v) is 4.38. The molecule has 23 heavy (non-hydrogen) atoms. The molecule has 0 unspecified atom stereocenters. The van der Waals surface area contributed by atoms with E-state index in [-0.39, 0.29) is 10.0 Å². The molecule has 7 heteroatoms. The van der Waals surface area contributed by atoms with E-state index in [1.54, 1.807) is 6.07 Å². The minimum absolute atomic E-state index is 0.0272. The molecule has 1 aromatic heterocycles. The van der Waals surface area contributed by atoms with Gasteiger partial charge in [0.2, 0.25) is 15.7 Å². The van der Waals surface area contributed by atoms with Gasteiger partial charge in [-0.25, -0.2) is 13.4 Å². The van der Waals surface area contributed by atoms with Crippen molar-refractivity contribution in [1.29, 1.82) is 0 Å². The van der Waals surface area contributed by atoms with Crippen molar-refractivity contribution < 1.29 is 13.2 Å². The van der Waals surface area contributed by atoms with Crippen LogP contribution in [0.1, 0.15) is 12.0 Å². The van der Waals surface area contributed by atoms with Crippen LogP contribution in [0.15, 0.2) is 47.6 Å². The van der Waals surface area contributed by atoms with Crippen molar-refractivity contribution in [1.82, 2.24) is 4.98 Å². The van der Waals surface area contributed by atoms with Crippen LogP contribution in [0.4, 0.5) is 5.69 Å². The number of fused-ring (bicyclic) bond motifs is 1. The van der Waals surface area contributed by atoms with Crippen LogP contribution in [-0.2, 0) is 21.1 Å². The second kappa shape index (κ2) is 6.29. The topological polar surface area (TPSA) is 67.3 Å². The van der Waals surface area contributed by atoms with Crippen molar-refractivity contribution in [2.24, 2.45) is 0 Å². The largest absolute Gasteiger partial charge is 0.311 e. The molecule has 0 atom stereocenters. The molecule has 0 spiro atoms. The molecule has 2 heterocycles. The van der Waals surface area contributed by atoms with E-state index in [9.17, 15) is 13.2 Å². The number of nitrogens with zero attached hydrogens (tertiary/aromatic N) is 2. The summed E-state index contributed by atoms with van der Waals surface area (Å²) in [5.74, 6) is -1.10. The second-order valence-electron chi connectivity index (χ2n) is 5.33. The first-order chi connectivity index (χ1) is 11.0. The molecule has 0 fully saturated rings. The summed E-state index contributed by atoms with van der Waals surface area (Å²) in [5, 5.41) is -0.223. The number of pyridine rings is 1. The Kier molecular flexibility index (Phi) is 4.37. The number of aryl methyl sites for hydroxylation is 1. The molecule has 1 aliphatic heterocycles. The number of amides is 1. The molecular weight excluding hydrogens is 336 g/mol. The van der Waals surface area contributed by atoms with Crippen molar-refractivity contribution in [2.45, 2.75) is 17.9 Å². The number of hydrogen-bond donors (Lipinski definition) is 0. The van der Waals surface area contributed by atoms with Crippen molar-refractivity contribution in [3.8, 4) is 0 Å². The maximum absolute atomic E-state index is 12.5. The van der Waals surface area contributed by atoms with Crippen molar-refractivity contribution in [3.63, 3.8) is 0 Å². The third-order valence-electron chi connectivity index (χ3n) is 3.74. The Labute approximate surface area is 139 Å². The summed E-state index contributed by atoms with van der Waals surface area (Å²) in [5.41, 5.74) is 1.84. The van der Waals surface area contributed by atoms with Gasteiger partial charge in [-0.1, -0.05) is 29.8 Å². The lowest BCUT2D eigenvalue weighted by Gasteiger charge is -2.29. The first-order valence-electron chi connectivity index (χ1n) is 7.20. The Morgan fingerprint density at radius 1 is 1.22 bits per heavy atom. The van der Waals surface area contributed by atoms with Crippen molar-refractivity contribution in [3.05, 3.63) is 53.2 Å². The Bertz CT molecular complexity index is 852. The maximum atomic E-state index is 12.5. The van der Waals surface area contributed by atoms with Crippen LogP contribution < -0.4 is 4.90 Å². The Balaban J connectivity index is 1.87. The highest BCUT2D eigenvalue weighted by atomic mass is 35.5. The summed E-state index contributed by atoms with van der Waals surface area (Å²) in [6.45, 7) is 0.515. The highest BCUT2D eigenvalue weighted by molar-refractivity contribution is 7.92. The van der Waals surface area contributed by atoms with E-state index >= 15 is 0 Å². The van der Waals surface area contributed by atoms with Gasteiger partial charge in [-0.2, -0.15) is 0 Å². The van der Waals surface area contributed by atoms with Crippen LogP contribution in [-0.4, -0.2) is 31.6 Å². The predicted octanol–water partition coefficient (Wildman–Crippen LogP) is 2.49. The number of aromatic nitrogens is 1. The number of halogens is 1. The predicted molar refractivity (Wildman–Crippen MR) is 88.4 cm³/mol. The highest BCUT2D eigenvalue weighted by Gasteiger charge is 2.29. The zero-order valence-electron chi connectivity index (χ0n) is 12.3. The lowest BCUT2D eigenvalue weighted by molar-refractivity contribution is -0.116. The van der Waals surface area contributed by atoms with Crippen LogP contribution in [0, 0.1) is 0 Å². The summed E-state index contributed by atoms with van der Waals surface area (Å²) < 4.78 is 24.8. The quantitative estimate of drug-likeness (QED) is 0.853. The molecule has 0 bridgehead atoms. The lowest BCUT2D eigenvalue weighted by Crippen LogP contribution is -2.39. The van der Waals surface area contributed by atoms with Gasteiger partial charge in [0.15, 0.2) is 5.03 Å². The number of carbonyl (C=O) groups is 1. The number of rotatable bonds is 3. The summed E-state index contributed by atoms with van der Waals surface area (Å²) in [4.78, 5) is 17.9. The normalized spacial score (nSPS) is 14.4. The number of hydrogen-bond acceptors (Lipinski definition) is 4. The molecule has 1 aliphatic rings. The number of benzene rings is 1. The van der Waals surface area contributed by atoms with Gasteiger partial charge in [0.25, 0.3) is 0 Å². The Hall–Kier alpha value is -1.92. The molecule has 2 aromatic rings. The van der Waals surface area contributed by atoms with Crippen LogP contribution >= 0.6 is 11.6 Å². The van der Waals surface area contributed by atoms with Gasteiger partial charge in [-0.05, 0) is 36.6 Å². The summed E-state index contributed by atoms with van der Waals surface area (Å²) >= 11 is 5.89. The van der Waals surface area contributed by atoms with E-state index in [4.69, 9.17) is 11.6 Å². The number of sulfone groups is 1. The Morgan fingerprint density at radius 2 is 2.00 bits per heavy atom. The van der Waals surface area contributed by atoms with Crippen LogP contribution in [0.3, 0.4) is 0 Å². The standard InChI is InChI=1S/C16H15ClN2O3S/c17-13-7-3-9-18-16(13)23(21,22)11-15(20)19-10-4-6-12-5-1-2-8-14(12)19/h1-3,5,7-9H,4,6,10-11H2. The van der Waals surface area contributed by atoms with Gasteiger partial charge in [0, 0.05) is 18.4 Å². The third-order valence-corrected chi connectivity index (χ3v) is 5.70. The SMILES string of the molecule is O=C(CS(=O)(=O)c1ncccc1Cl)N1CCCc2ccccc21. The molecule has 120 valence electrons. The van der Waals surface area contributed by atoms with E-state index in [0.29, 0.717) is 6.54 Å². The fourth-order valence-electron chi connectivity index (χ4n) is 2.70. The summed E-state index contributed by atoms with van der Waals surface area (Å²) in [6.07, 6.45) is 3.05. The van der Waals surface area contributed by atoms with E-state index in [1.807, 2.05) is 24.3 Å². The molecule has 0 saturated heterocycles. The molecule has 1 aromatic carbocycles. The summed E-state index contributed by atoms with van der Waals surface area (Å²) in [6, 6.07) is 10.5. The molecule has 0 saturated carbocycles. The average Bonchev–Trinajstić information content (AvgIpc) is 2.54. The van der Waals surface area contributed by atoms with Gasteiger partial charge in [-0.15, -0.1) is 0 Å². The average molecular weight is 351 g/mol. The first-order valence-corrected chi connectivity index (χ1v) is 9.23. The van der Waals surface area contributed by atoms with Gasteiger partial charge < -0.3 is 4.90 Å². The lowest BCUT2D eigenvalue weighted by atomic mass is 10.0. The second-order valence-corrected chi connectivity index (χ2v) is 7.64. The molecule has 3 rings (SSSR count). The minimum atomic E-state index is -3.88. The van der Waals surface area contributed by atoms with Gasteiger partial charge >= 0.3 is 0 Å². The minimum Gasteiger partial charge on any atom is -0.311 e. The van der Waals surface area contributed by atoms with E-state index in [0.717, 1.165) is 24.1 Å². The molecular formula is C16H15ClN2O3S. The number of anilines is 1. The molecule has 0 N–H and O–H groups in total. The van der Waals surface area contributed by atoms with Gasteiger partial charge in [-0.3, -0.25) is 4.79 Å². The van der Waals surface area contributed by atoms with Crippen LogP contribution in [0.25, 0.3) is 0 Å². The van der Waals surface area contributed by atoms with Crippen LogP contribution in [0.2, 0.25) is 5.02 Å². The van der Waals surface area contributed by atoms with Crippen molar-refractivity contribution in [2.75, 3.05) is 17.2 Å². The maximum Gasteiger partial charge on any atom is 0.242 e. The number of carbonyl (C=O) groups excluding carboxylic acids is 1. The smallest absolute Gasteiger partial charge is 0.242 e. The highest BCUT2D eigenvalue weighted by Crippen LogP contribution is 2.27. The van der Waals surface area contributed by atoms with E-state index in [1.165, 1.54) is 17.2 Å².